The van der Waals surface area contributed by atoms with Crippen molar-refractivity contribution in [2.24, 2.45) is 11.5 Å². The Labute approximate surface area is 207 Å². The largest absolute Gasteiger partial charge is 0.508 e. The molecule has 0 aliphatic heterocycles. The highest BCUT2D eigenvalue weighted by atomic mass is 16.4. The topological polar surface area (TPSA) is 254 Å². The molecule has 6 atom stereocenters. The zero-order valence-corrected chi connectivity index (χ0v) is 19.9. The fourth-order valence-corrected chi connectivity index (χ4v) is 3.03. The van der Waals surface area contributed by atoms with Crippen LogP contribution in [0.15, 0.2) is 24.3 Å². The number of primary amides is 1. The molecule has 1 aromatic rings. The summed E-state index contributed by atoms with van der Waals surface area (Å²) in [5, 5.41) is 45.1. The zero-order chi connectivity index (χ0) is 27.6. The van der Waals surface area contributed by atoms with Crippen molar-refractivity contribution in [3.05, 3.63) is 29.8 Å². The number of hydrogen-bond donors (Lipinski definition) is 9. The molecule has 0 saturated heterocycles. The monoisotopic (exact) mass is 511 g/mol. The quantitative estimate of drug-likeness (QED) is 0.121. The second kappa shape index (κ2) is 14.0. The number of aromatic hydroxyl groups is 1. The number of hydrogen-bond acceptors (Lipinski definition) is 9. The van der Waals surface area contributed by atoms with Gasteiger partial charge in [-0.2, -0.15) is 0 Å². The molecule has 0 aliphatic rings. The minimum Gasteiger partial charge on any atom is -0.508 e. The maximum Gasteiger partial charge on any atom is 0.326 e. The summed E-state index contributed by atoms with van der Waals surface area (Å²) in [5.41, 5.74) is 11.2. The van der Waals surface area contributed by atoms with Gasteiger partial charge in [-0.25, -0.2) is 4.79 Å². The van der Waals surface area contributed by atoms with Crippen molar-refractivity contribution in [3.8, 4) is 5.75 Å². The molecule has 0 fully saturated rings. The number of nitrogens with two attached hydrogens (primary N) is 2. The summed E-state index contributed by atoms with van der Waals surface area (Å²) in [6, 6.07) is -0.223. The van der Waals surface area contributed by atoms with Crippen LogP contribution in [0.1, 0.15) is 32.3 Å². The number of benzene rings is 1. The number of carboxylic acid groups (broad SMARTS) is 1. The van der Waals surface area contributed by atoms with Crippen LogP contribution in [-0.2, 0) is 30.4 Å². The molecular formula is C22H33N5O9. The van der Waals surface area contributed by atoms with E-state index in [2.05, 4.69) is 16.0 Å². The third-order valence-electron chi connectivity index (χ3n) is 5.19. The normalized spacial score (nSPS) is 15.9. The molecule has 14 nitrogen and oxygen atoms in total. The first-order valence-electron chi connectivity index (χ1n) is 11.0. The van der Waals surface area contributed by atoms with Gasteiger partial charge in [-0.05, 0) is 38.0 Å². The summed E-state index contributed by atoms with van der Waals surface area (Å²) >= 11 is 0. The summed E-state index contributed by atoms with van der Waals surface area (Å²) in [6.45, 7) is 2.44. The molecule has 0 aromatic heterocycles. The van der Waals surface area contributed by atoms with Gasteiger partial charge in [0, 0.05) is 12.8 Å². The minimum absolute atomic E-state index is 0.0296. The molecule has 1 rings (SSSR count). The van der Waals surface area contributed by atoms with Crippen LogP contribution in [-0.4, -0.2) is 86.4 Å². The average molecular weight is 512 g/mol. The highest BCUT2D eigenvalue weighted by Crippen LogP contribution is 2.12. The lowest BCUT2D eigenvalue weighted by Crippen LogP contribution is -2.60. The maximum absolute atomic E-state index is 12.9. The standard InChI is InChI=1S/C22H33N5O9/c1-10(28)17(24)20(33)27-18(11(2)29)21(34)25-14(7-8-16(23)31)19(32)26-15(22(35)36)9-12-3-5-13(30)6-4-12/h3-6,10-11,14-15,17-18,28-30H,7-9,24H2,1-2H3,(H2,23,31)(H,25,34)(H,26,32)(H,27,33)(H,35,36). The number of phenolic OH excluding ortho intramolecular Hbond substituents is 1. The predicted octanol–water partition coefficient (Wildman–Crippen LogP) is -3.17. The lowest BCUT2D eigenvalue weighted by molar-refractivity contribution is -0.142. The van der Waals surface area contributed by atoms with Crippen molar-refractivity contribution in [2.45, 2.75) is 69.5 Å². The van der Waals surface area contributed by atoms with Crippen molar-refractivity contribution in [2.75, 3.05) is 0 Å². The molecule has 14 heteroatoms. The van der Waals surface area contributed by atoms with E-state index in [0.717, 1.165) is 0 Å². The maximum atomic E-state index is 12.9. The highest BCUT2D eigenvalue weighted by Gasteiger charge is 2.33. The number of aliphatic carboxylic acids is 1. The van der Waals surface area contributed by atoms with Crippen LogP contribution in [0, 0.1) is 0 Å². The van der Waals surface area contributed by atoms with E-state index >= 15 is 0 Å². The lowest BCUT2D eigenvalue weighted by Gasteiger charge is -2.26. The summed E-state index contributed by atoms with van der Waals surface area (Å²) in [5.74, 6) is -5.11. The molecule has 0 saturated carbocycles. The van der Waals surface area contributed by atoms with Gasteiger partial charge < -0.3 is 47.8 Å². The summed E-state index contributed by atoms with van der Waals surface area (Å²) < 4.78 is 0. The van der Waals surface area contributed by atoms with Crippen LogP contribution >= 0.6 is 0 Å². The highest BCUT2D eigenvalue weighted by molar-refractivity contribution is 5.94. The number of carboxylic acids is 1. The molecule has 4 amide bonds. The Balaban J connectivity index is 3.03. The molecule has 0 heterocycles. The number of aliphatic hydroxyl groups is 2. The fraction of sp³-hybridized carbons (Fsp3) is 0.500. The van der Waals surface area contributed by atoms with E-state index in [0.29, 0.717) is 5.56 Å². The number of amides is 4. The molecule has 0 bridgehead atoms. The summed E-state index contributed by atoms with van der Waals surface area (Å²) in [7, 11) is 0. The zero-order valence-electron chi connectivity index (χ0n) is 19.9. The van der Waals surface area contributed by atoms with Crippen molar-refractivity contribution in [1.82, 2.24) is 16.0 Å². The number of rotatable bonds is 14. The van der Waals surface area contributed by atoms with Crippen molar-refractivity contribution < 1.29 is 44.4 Å². The number of carbonyl (C=O) groups excluding carboxylic acids is 4. The smallest absolute Gasteiger partial charge is 0.326 e. The van der Waals surface area contributed by atoms with Gasteiger partial charge in [0.05, 0.1) is 12.2 Å². The molecule has 0 radical (unpaired) electrons. The van der Waals surface area contributed by atoms with Crippen LogP contribution in [0.4, 0.5) is 0 Å². The predicted molar refractivity (Wildman–Crippen MR) is 125 cm³/mol. The summed E-state index contributed by atoms with van der Waals surface area (Å²) in [4.78, 5) is 60.8. The Kier molecular flexibility index (Phi) is 11.7. The second-order valence-electron chi connectivity index (χ2n) is 8.33. The molecular weight excluding hydrogens is 478 g/mol. The molecule has 200 valence electrons. The van der Waals surface area contributed by atoms with Crippen molar-refractivity contribution >= 4 is 29.6 Å². The van der Waals surface area contributed by atoms with Gasteiger partial charge in [0.1, 0.15) is 29.9 Å². The first-order chi connectivity index (χ1) is 16.7. The van der Waals surface area contributed by atoms with Crippen LogP contribution in [0.2, 0.25) is 0 Å². The molecule has 0 aliphatic carbocycles. The Morgan fingerprint density at radius 1 is 0.861 bits per heavy atom. The Hall–Kier alpha value is -3.75. The van der Waals surface area contributed by atoms with E-state index in [1.54, 1.807) is 0 Å². The first kappa shape index (κ1) is 30.3. The van der Waals surface area contributed by atoms with E-state index in [4.69, 9.17) is 11.5 Å². The Bertz CT molecular complexity index is 936. The van der Waals surface area contributed by atoms with Gasteiger partial charge >= 0.3 is 5.97 Å². The third kappa shape index (κ3) is 9.85. The van der Waals surface area contributed by atoms with Crippen LogP contribution in [0.5, 0.6) is 5.75 Å². The van der Waals surface area contributed by atoms with E-state index in [-0.39, 0.29) is 25.0 Å². The number of aliphatic hydroxyl groups excluding tert-OH is 2. The van der Waals surface area contributed by atoms with Crippen molar-refractivity contribution in [3.63, 3.8) is 0 Å². The molecule has 36 heavy (non-hydrogen) atoms. The molecule has 0 spiro atoms. The number of carbonyl (C=O) groups is 5. The second-order valence-corrected chi connectivity index (χ2v) is 8.33. The molecule has 6 unspecified atom stereocenters. The molecule has 1 aromatic carbocycles. The van der Waals surface area contributed by atoms with Gasteiger partial charge in [0.25, 0.3) is 0 Å². The van der Waals surface area contributed by atoms with Crippen LogP contribution < -0.4 is 27.4 Å². The fourth-order valence-electron chi connectivity index (χ4n) is 3.03. The van der Waals surface area contributed by atoms with E-state index < -0.39 is 66.0 Å². The summed E-state index contributed by atoms with van der Waals surface area (Å²) in [6.07, 6.45) is -3.49. The number of phenols is 1. The van der Waals surface area contributed by atoms with Crippen LogP contribution in [0.25, 0.3) is 0 Å². The van der Waals surface area contributed by atoms with E-state index in [1.165, 1.54) is 38.1 Å². The Morgan fingerprint density at radius 3 is 1.89 bits per heavy atom. The molecule has 11 N–H and O–H groups in total. The van der Waals surface area contributed by atoms with Gasteiger partial charge in [0.2, 0.25) is 23.6 Å². The first-order valence-corrected chi connectivity index (χ1v) is 11.0. The average Bonchev–Trinajstić information content (AvgIpc) is 2.79. The number of nitrogens with one attached hydrogen (secondary N) is 3. The van der Waals surface area contributed by atoms with Crippen molar-refractivity contribution in [1.29, 1.82) is 0 Å². The van der Waals surface area contributed by atoms with Gasteiger partial charge in [-0.15, -0.1) is 0 Å². The van der Waals surface area contributed by atoms with E-state index in [9.17, 15) is 44.4 Å². The Morgan fingerprint density at radius 2 is 1.42 bits per heavy atom. The minimum atomic E-state index is -1.58. The lowest BCUT2D eigenvalue weighted by atomic mass is 10.0. The van der Waals surface area contributed by atoms with Gasteiger partial charge in [-0.1, -0.05) is 12.1 Å². The SMILES string of the molecule is CC(O)C(N)C(=O)NC(C(=O)NC(CCC(N)=O)C(=O)NC(Cc1ccc(O)cc1)C(=O)O)C(C)O. The van der Waals surface area contributed by atoms with Gasteiger partial charge in [-0.3, -0.25) is 19.2 Å². The van der Waals surface area contributed by atoms with Crippen LogP contribution in [0.3, 0.4) is 0 Å². The van der Waals surface area contributed by atoms with E-state index in [1.807, 2.05) is 0 Å². The van der Waals surface area contributed by atoms with Gasteiger partial charge in [0.15, 0.2) is 0 Å². The third-order valence-corrected chi connectivity index (χ3v) is 5.19.